The maximum atomic E-state index is 11.1. The van der Waals surface area contributed by atoms with Crippen molar-refractivity contribution < 1.29 is 14.6 Å². The molecule has 0 radical (unpaired) electrons. The minimum atomic E-state index is -0.867. The van der Waals surface area contributed by atoms with Crippen molar-refractivity contribution in [1.29, 1.82) is 0 Å². The van der Waals surface area contributed by atoms with Gasteiger partial charge in [-0.15, -0.1) is 0 Å². The SMILES string of the molecule is CC(C)Oc1ccccc1[C@@H]1CN(C(=O)O)CCN1. The quantitative estimate of drug-likeness (QED) is 0.877. The van der Waals surface area contributed by atoms with Gasteiger partial charge in [0.2, 0.25) is 0 Å². The summed E-state index contributed by atoms with van der Waals surface area (Å²) in [5.41, 5.74) is 1.02. The van der Waals surface area contributed by atoms with Gasteiger partial charge in [-0.05, 0) is 19.9 Å². The first-order chi connectivity index (χ1) is 9.08. The van der Waals surface area contributed by atoms with Gasteiger partial charge in [0, 0.05) is 25.2 Å². The first-order valence-corrected chi connectivity index (χ1v) is 6.54. The van der Waals surface area contributed by atoms with E-state index in [1.54, 1.807) is 0 Å². The van der Waals surface area contributed by atoms with Gasteiger partial charge >= 0.3 is 6.09 Å². The molecule has 0 aliphatic carbocycles. The number of nitrogens with one attached hydrogen (secondary N) is 1. The number of nitrogens with zero attached hydrogens (tertiary/aromatic N) is 1. The number of carboxylic acid groups (broad SMARTS) is 1. The summed E-state index contributed by atoms with van der Waals surface area (Å²) in [7, 11) is 0. The molecule has 104 valence electrons. The van der Waals surface area contributed by atoms with E-state index in [0.29, 0.717) is 19.6 Å². The summed E-state index contributed by atoms with van der Waals surface area (Å²) in [6, 6.07) is 7.78. The molecule has 0 aromatic heterocycles. The summed E-state index contributed by atoms with van der Waals surface area (Å²) < 4.78 is 5.79. The molecule has 1 atom stereocenters. The molecule has 1 aliphatic rings. The molecular formula is C14H20N2O3. The second-order valence-electron chi connectivity index (χ2n) is 4.94. The van der Waals surface area contributed by atoms with E-state index in [-0.39, 0.29) is 12.1 Å². The number of hydrogen-bond donors (Lipinski definition) is 2. The molecule has 1 saturated heterocycles. The van der Waals surface area contributed by atoms with Crippen molar-refractivity contribution in [2.24, 2.45) is 0 Å². The summed E-state index contributed by atoms with van der Waals surface area (Å²) >= 11 is 0. The Morgan fingerprint density at radius 1 is 1.47 bits per heavy atom. The van der Waals surface area contributed by atoms with Crippen LogP contribution in [0.15, 0.2) is 24.3 Å². The van der Waals surface area contributed by atoms with E-state index in [0.717, 1.165) is 11.3 Å². The van der Waals surface area contributed by atoms with Crippen LogP contribution < -0.4 is 10.1 Å². The molecule has 2 rings (SSSR count). The zero-order chi connectivity index (χ0) is 13.8. The minimum absolute atomic E-state index is 0.0141. The van der Waals surface area contributed by atoms with Gasteiger partial charge in [0.25, 0.3) is 0 Å². The lowest BCUT2D eigenvalue weighted by molar-refractivity contribution is 0.128. The number of ether oxygens (including phenoxy) is 1. The Balaban J connectivity index is 2.18. The number of hydrogen-bond acceptors (Lipinski definition) is 3. The molecule has 1 heterocycles. The molecule has 0 unspecified atom stereocenters. The number of benzene rings is 1. The normalized spacial score (nSPS) is 19.5. The third-order valence-electron chi connectivity index (χ3n) is 3.10. The summed E-state index contributed by atoms with van der Waals surface area (Å²) in [4.78, 5) is 12.5. The first kappa shape index (κ1) is 13.7. The number of rotatable bonds is 3. The minimum Gasteiger partial charge on any atom is -0.491 e. The van der Waals surface area contributed by atoms with E-state index in [2.05, 4.69) is 5.32 Å². The van der Waals surface area contributed by atoms with Crippen LogP contribution in [-0.2, 0) is 0 Å². The smallest absolute Gasteiger partial charge is 0.407 e. The third-order valence-corrected chi connectivity index (χ3v) is 3.10. The van der Waals surface area contributed by atoms with Crippen LogP contribution in [0.1, 0.15) is 25.5 Å². The van der Waals surface area contributed by atoms with Gasteiger partial charge in [0.05, 0.1) is 12.1 Å². The van der Waals surface area contributed by atoms with E-state index in [1.807, 2.05) is 38.1 Å². The molecule has 2 N–H and O–H groups in total. The Hall–Kier alpha value is -1.75. The Labute approximate surface area is 113 Å². The number of para-hydroxylation sites is 1. The maximum absolute atomic E-state index is 11.1. The van der Waals surface area contributed by atoms with Gasteiger partial charge in [-0.1, -0.05) is 18.2 Å². The molecule has 0 saturated carbocycles. The molecule has 1 aromatic rings. The predicted molar refractivity (Wildman–Crippen MR) is 72.5 cm³/mol. The van der Waals surface area contributed by atoms with Gasteiger partial charge in [-0.25, -0.2) is 4.79 Å². The van der Waals surface area contributed by atoms with Gasteiger partial charge in [0.1, 0.15) is 5.75 Å². The van der Waals surface area contributed by atoms with Crippen LogP contribution in [0.3, 0.4) is 0 Å². The van der Waals surface area contributed by atoms with Crippen LogP contribution in [0, 0.1) is 0 Å². The van der Waals surface area contributed by atoms with Crippen molar-refractivity contribution in [2.45, 2.75) is 26.0 Å². The van der Waals surface area contributed by atoms with E-state index in [9.17, 15) is 4.79 Å². The highest BCUT2D eigenvalue weighted by molar-refractivity contribution is 5.65. The average Bonchev–Trinajstić information content (AvgIpc) is 2.39. The van der Waals surface area contributed by atoms with Crippen LogP contribution in [0.25, 0.3) is 0 Å². The fourth-order valence-corrected chi connectivity index (χ4v) is 2.26. The summed E-state index contributed by atoms with van der Waals surface area (Å²) in [6.45, 7) is 5.60. The molecule has 1 fully saturated rings. The van der Waals surface area contributed by atoms with E-state index in [1.165, 1.54) is 4.90 Å². The van der Waals surface area contributed by atoms with Crippen molar-refractivity contribution in [3.8, 4) is 5.75 Å². The largest absolute Gasteiger partial charge is 0.491 e. The summed E-state index contributed by atoms with van der Waals surface area (Å²) in [6.07, 6.45) is -0.769. The Bertz CT molecular complexity index is 448. The Morgan fingerprint density at radius 3 is 2.89 bits per heavy atom. The zero-order valence-electron chi connectivity index (χ0n) is 11.3. The fourth-order valence-electron chi connectivity index (χ4n) is 2.26. The van der Waals surface area contributed by atoms with Crippen LogP contribution in [-0.4, -0.2) is 41.8 Å². The van der Waals surface area contributed by atoms with Crippen molar-refractivity contribution in [3.63, 3.8) is 0 Å². The number of carbonyl (C=O) groups is 1. The fraction of sp³-hybridized carbons (Fsp3) is 0.500. The summed E-state index contributed by atoms with van der Waals surface area (Å²) in [5.74, 6) is 0.822. The van der Waals surface area contributed by atoms with E-state index >= 15 is 0 Å². The molecule has 5 heteroatoms. The molecule has 1 aliphatic heterocycles. The van der Waals surface area contributed by atoms with Crippen LogP contribution in [0.5, 0.6) is 5.75 Å². The third kappa shape index (κ3) is 3.38. The second-order valence-corrected chi connectivity index (χ2v) is 4.94. The predicted octanol–water partition coefficient (Wildman–Crippen LogP) is 2.10. The van der Waals surface area contributed by atoms with Crippen molar-refractivity contribution in [2.75, 3.05) is 19.6 Å². The number of amides is 1. The van der Waals surface area contributed by atoms with Crippen molar-refractivity contribution in [1.82, 2.24) is 10.2 Å². The van der Waals surface area contributed by atoms with E-state index < -0.39 is 6.09 Å². The lowest BCUT2D eigenvalue weighted by Crippen LogP contribution is -2.47. The van der Waals surface area contributed by atoms with Crippen molar-refractivity contribution >= 4 is 6.09 Å². The highest BCUT2D eigenvalue weighted by Gasteiger charge is 2.25. The van der Waals surface area contributed by atoms with Crippen LogP contribution >= 0.6 is 0 Å². The standard InChI is InChI=1S/C14H20N2O3/c1-10(2)19-13-6-4-3-5-11(13)12-9-16(14(17)18)8-7-15-12/h3-6,10,12,15H,7-9H2,1-2H3,(H,17,18)/t12-/m0/s1. The molecule has 19 heavy (non-hydrogen) atoms. The molecule has 1 aromatic carbocycles. The molecule has 1 amide bonds. The van der Waals surface area contributed by atoms with Crippen molar-refractivity contribution in [3.05, 3.63) is 29.8 Å². The molecule has 5 nitrogen and oxygen atoms in total. The Morgan fingerprint density at radius 2 is 2.21 bits per heavy atom. The average molecular weight is 264 g/mol. The van der Waals surface area contributed by atoms with Gasteiger partial charge in [-0.3, -0.25) is 0 Å². The van der Waals surface area contributed by atoms with Gasteiger partial charge < -0.3 is 20.1 Å². The molecule has 0 bridgehead atoms. The lowest BCUT2D eigenvalue weighted by Gasteiger charge is -2.33. The maximum Gasteiger partial charge on any atom is 0.407 e. The number of piperazine rings is 1. The monoisotopic (exact) mass is 264 g/mol. The van der Waals surface area contributed by atoms with E-state index in [4.69, 9.17) is 9.84 Å². The van der Waals surface area contributed by atoms with Crippen LogP contribution in [0.4, 0.5) is 4.79 Å². The summed E-state index contributed by atoms with van der Waals surface area (Å²) in [5, 5.41) is 12.4. The topological polar surface area (TPSA) is 61.8 Å². The molecular weight excluding hydrogens is 244 g/mol. The van der Waals surface area contributed by atoms with Crippen LogP contribution in [0.2, 0.25) is 0 Å². The second kappa shape index (κ2) is 5.93. The highest BCUT2D eigenvalue weighted by atomic mass is 16.5. The lowest BCUT2D eigenvalue weighted by atomic mass is 10.0. The van der Waals surface area contributed by atoms with Gasteiger partial charge in [-0.2, -0.15) is 0 Å². The Kier molecular flexibility index (Phi) is 4.27. The zero-order valence-corrected chi connectivity index (χ0v) is 11.3. The first-order valence-electron chi connectivity index (χ1n) is 6.54. The molecule has 0 spiro atoms. The highest BCUT2D eigenvalue weighted by Crippen LogP contribution is 2.27. The van der Waals surface area contributed by atoms with Gasteiger partial charge in [0.15, 0.2) is 0 Å².